The van der Waals surface area contributed by atoms with E-state index < -0.39 is 0 Å². The number of rotatable bonds is 3. The maximum Gasteiger partial charge on any atom is 0.208 e. The van der Waals surface area contributed by atoms with Gasteiger partial charge in [-0.3, -0.25) is 0 Å². The van der Waals surface area contributed by atoms with Crippen LogP contribution in [0, 0.1) is 0 Å². The van der Waals surface area contributed by atoms with E-state index in [4.69, 9.17) is 5.11 Å². The van der Waals surface area contributed by atoms with Crippen molar-refractivity contribution in [2.75, 3.05) is 20.6 Å². The number of hydrogen-bond acceptors (Lipinski definition) is 3. The van der Waals surface area contributed by atoms with Gasteiger partial charge in [0.25, 0.3) is 0 Å². The molecule has 1 aromatic rings. The average molecular weight is 155 g/mol. The quantitative estimate of drug-likeness (QED) is 0.656. The van der Waals surface area contributed by atoms with Crippen LogP contribution in [0.1, 0.15) is 5.82 Å². The predicted octanol–water partition coefficient (Wildman–Crippen LogP) is 0.219. The number of likely N-dealkylation sites (N-methyl/N-ethyl adjacent to an activating group) is 1. The summed E-state index contributed by atoms with van der Waals surface area (Å²) in [5.41, 5.74) is 0. The van der Waals surface area contributed by atoms with Crippen molar-refractivity contribution >= 4 is 0 Å². The lowest BCUT2D eigenvalue weighted by Crippen LogP contribution is -2.15. The fourth-order valence-corrected chi connectivity index (χ4v) is 0.808. The van der Waals surface area contributed by atoms with Gasteiger partial charge in [-0.1, -0.05) is 0 Å². The molecular formula is C7H13N3O. The van der Waals surface area contributed by atoms with E-state index in [-0.39, 0.29) is 5.88 Å². The van der Waals surface area contributed by atoms with Crippen LogP contribution >= 0.6 is 0 Å². The van der Waals surface area contributed by atoms with Gasteiger partial charge in [0.1, 0.15) is 5.82 Å². The van der Waals surface area contributed by atoms with Crippen LogP contribution in [-0.4, -0.2) is 40.6 Å². The highest BCUT2D eigenvalue weighted by molar-refractivity contribution is 5.04. The van der Waals surface area contributed by atoms with E-state index in [1.54, 1.807) is 0 Å². The second-order valence-corrected chi connectivity index (χ2v) is 2.77. The summed E-state index contributed by atoms with van der Waals surface area (Å²) in [7, 11) is 4.01. The number of hydrogen-bond donors (Lipinski definition) is 2. The van der Waals surface area contributed by atoms with Gasteiger partial charge in [0, 0.05) is 13.0 Å². The van der Waals surface area contributed by atoms with Crippen molar-refractivity contribution in [1.29, 1.82) is 0 Å². The first-order valence-electron chi connectivity index (χ1n) is 3.56. The van der Waals surface area contributed by atoms with E-state index in [0.29, 0.717) is 0 Å². The third kappa shape index (κ3) is 2.59. The van der Waals surface area contributed by atoms with Crippen LogP contribution in [0.25, 0.3) is 0 Å². The van der Waals surface area contributed by atoms with Crippen molar-refractivity contribution in [3.63, 3.8) is 0 Å². The Kier molecular flexibility index (Phi) is 2.48. The van der Waals surface area contributed by atoms with Crippen LogP contribution in [0.4, 0.5) is 0 Å². The van der Waals surface area contributed by atoms with E-state index in [0.717, 1.165) is 18.8 Å². The fourth-order valence-electron chi connectivity index (χ4n) is 0.808. The van der Waals surface area contributed by atoms with Crippen LogP contribution in [0.3, 0.4) is 0 Å². The van der Waals surface area contributed by atoms with Gasteiger partial charge < -0.3 is 15.0 Å². The molecule has 0 aliphatic carbocycles. The number of aromatic amines is 1. The van der Waals surface area contributed by atoms with Crippen LogP contribution in [0.15, 0.2) is 6.20 Å². The molecule has 0 fully saturated rings. The first-order valence-corrected chi connectivity index (χ1v) is 3.56. The highest BCUT2D eigenvalue weighted by atomic mass is 16.3. The SMILES string of the molecule is CN(C)CCc1ncc(O)[nH]1. The fraction of sp³-hybridized carbons (Fsp3) is 0.571. The Bertz CT molecular complexity index is 219. The van der Waals surface area contributed by atoms with Gasteiger partial charge in [-0.2, -0.15) is 0 Å². The van der Waals surface area contributed by atoms with Crippen molar-refractivity contribution in [3.05, 3.63) is 12.0 Å². The Morgan fingerprint density at radius 1 is 1.64 bits per heavy atom. The zero-order chi connectivity index (χ0) is 8.27. The van der Waals surface area contributed by atoms with E-state index in [9.17, 15) is 0 Å². The monoisotopic (exact) mass is 155 g/mol. The molecule has 1 rings (SSSR count). The Morgan fingerprint density at radius 2 is 2.36 bits per heavy atom. The summed E-state index contributed by atoms with van der Waals surface area (Å²) in [6, 6.07) is 0. The highest BCUT2D eigenvalue weighted by Gasteiger charge is 1.98. The maximum atomic E-state index is 8.89. The number of nitrogens with one attached hydrogen (secondary N) is 1. The van der Waals surface area contributed by atoms with E-state index >= 15 is 0 Å². The second-order valence-electron chi connectivity index (χ2n) is 2.77. The van der Waals surface area contributed by atoms with Gasteiger partial charge in [-0.25, -0.2) is 4.98 Å². The largest absolute Gasteiger partial charge is 0.493 e. The van der Waals surface area contributed by atoms with Gasteiger partial charge in [0.15, 0.2) is 0 Å². The third-order valence-electron chi connectivity index (χ3n) is 1.41. The number of imidazole rings is 1. The van der Waals surface area contributed by atoms with E-state index in [2.05, 4.69) is 14.9 Å². The Balaban J connectivity index is 2.39. The molecule has 62 valence electrons. The summed E-state index contributed by atoms with van der Waals surface area (Å²) < 4.78 is 0. The first kappa shape index (κ1) is 8.07. The van der Waals surface area contributed by atoms with Gasteiger partial charge in [-0.15, -0.1) is 0 Å². The van der Waals surface area contributed by atoms with E-state index in [1.165, 1.54) is 6.20 Å². The lowest BCUT2D eigenvalue weighted by molar-refractivity contribution is 0.408. The topological polar surface area (TPSA) is 52.1 Å². The number of nitrogens with zero attached hydrogens (tertiary/aromatic N) is 2. The van der Waals surface area contributed by atoms with Crippen LogP contribution in [-0.2, 0) is 6.42 Å². The standard InChI is InChI=1S/C7H13N3O/c1-10(2)4-3-6-8-5-7(11)9-6/h5,11H,3-4H2,1-2H3,(H,8,9). The Labute approximate surface area is 65.9 Å². The molecule has 0 aliphatic heterocycles. The molecule has 2 N–H and O–H groups in total. The average Bonchev–Trinajstić information content (AvgIpc) is 2.31. The summed E-state index contributed by atoms with van der Waals surface area (Å²) in [4.78, 5) is 8.77. The molecule has 0 bridgehead atoms. The minimum absolute atomic E-state index is 0.138. The molecule has 0 aromatic carbocycles. The Hall–Kier alpha value is -1.03. The van der Waals surface area contributed by atoms with Gasteiger partial charge in [0.2, 0.25) is 5.88 Å². The maximum absolute atomic E-state index is 8.89. The molecule has 4 heteroatoms. The van der Waals surface area contributed by atoms with Gasteiger partial charge in [-0.05, 0) is 14.1 Å². The molecule has 0 atom stereocenters. The molecule has 0 amide bonds. The molecule has 1 aromatic heterocycles. The molecule has 0 saturated heterocycles. The molecule has 0 saturated carbocycles. The summed E-state index contributed by atoms with van der Waals surface area (Å²) in [6.07, 6.45) is 2.26. The molecule has 4 nitrogen and oxygen atoms in total. The van der Waals surface area contributed by atoms with Crippen molar-refractivity contribution in [3.8, 4) is 5.88 Å². The molecule has 0 spiro atoms. The van der Waals surface area contributed by atoms with Crippen LogP contribution in [0.2, 0.25) is 0 Å². The minimum Gasteiger partial charge on any atom is -0.493 e. The zero-order valence-corrected chi connectivity index (χ0v) is 6.83. The van der Waals surface area contributed by atoms with E-state index in [1.807, 2.05) is 14.1 Å². The van der Waals surface area contributed by atoms with Gasteiger partial charge >= 0.3 is 0 Å². The summed E-state index contributed by atoms with van der Waals surface area (Å²) in [5.74, 6) is 0.968. The van der Waals surface area contributed by atoms with Gasteiger partial charge in [0.05, 0.1) is 6.20 Å². The highest BCUT2D eigenvalue weighted by Crippen LogP contribution is 2.02. The van der Waals surface area contributed by atoms with Crippen LogP contribution < -0.4 is 0 Å². The molecule has 1 heterocycles. The number of aromatic nitrogens is 2. The summed E-state index contributed by atoms with van der Waals surface area (Å²) in [5, 5.41) is 8.89. The summed E-state index contributed by atoms with van der Waals surface area (Å²) in [6.45, 7) is 0.937. The third-order valence-corrected chi connectivity index (χ3v) is 1.41. The lowest BCUT2D eigenvalue weighted by atomic mass is 10.4. The second kappa shape index (κ2) is 3.39. The molecule has 0 radical (unpaired) electrons. The Morgan fingerprint density at radius 3 is 2.82 bits per heavy atom. The summed E-state index contributed by atoms with van der Waals surface area (Å²) >= 11 is 0. The van der Waals surface area contributed by atoms with Crippen molar-refractivity contribution < 1.29 is 5.11 Å². The zero-order valence-electron chi connectivity index (χ0n) is 6.83. The molecular weight excluding hydrogens is 142 g/mol. The van der Waals surface area contributed by atoms with Crippen LogP contribution in [0.5, 0.6) is 5.88 Å². The van der Waals surface area contributed by atoms with Crippen molar-refractivity contribution in [1.82, 2.24) is 14.9 Å². The molecule has 0 unspecified atom stereocenters. The first-order chi connectivity index (χ1) is 5.18. The van der Waals surface area contributed by atoms with Crippen molar-refractivity contribution in [2.45, 2.75) is 6.42 Å². The minimum atomic E-state index is 0.138. The smallest absolute Gasteiger partial charge is 0.208 e. The number of H-pyrrole nitrogens is 1. The number of aromatic hydroxyl groups is 1. The molecule has 0 aliphatic rings. The van der Waals surface area contributed by atoms with Crippen molar-refractivity contribution in [2.24, 2.45) is 0 Å². The molecule has 11 heavy (non-hydrogen) atoms. The predicted molar refractivity (Wildman–Crippen MR) is 42.5 cm³/mol. The normalized spacial score (nSPS) is 10.8. The lowest BCUT2D eigenvalue weighted by Gasteiger charge is -2.06.